The van der Waals surface area contributed by atoms with Crippen LogP contribution in [0.15, 0.2) is 18.2 Å². The Morgan fingerprint density at radius 3 is 2.15 bits per heavy atom. The first-order valence-electron chi connectivity index (χ1n) is 8.34. The van der Waals surface area contributed by atoms with Crippen molar-refractivity contribution in [3.8, 4) is 11.5 Å². The van der Waals surface area contributed by atoms with Gasteiger partial charge < -0.3 is 24.1 Å². The van der Waals surface area contributed by atoms with Crippen LogP contribution in [0, 0.1) is 11.8 Å². The summed E-state index contributed by atoms with van der Waals surface area (Å²) in [6, 6.07) is 4.79. The Hall–Kier alpha value is -2.61. The van der Waals surface area contributed by atoms with Crippen LogP contribution in [0.3, 0.4) is 0 Å². The van der Waals surface area contributed by atoms with Crippen LogP contribution in [0.25, 0.3) is 0 Å². The van der Waals surface area contributed by atoms with E-state index in [-0.39, 0.29) is 6.42 Å². The maximum absolute atomic E-state index is 12.7. The van der Waals surface area contributed by atoms with Crippen LogP contribution in [-0.4, -0.2) is 56.9 Å². The van der Waals surface area contributed by atoms with Crippen molar-refractivity contribution < 1.29 is 38.4 Å². The Morgan fingerprint density at radius 2 is 1.63 bits per heavy atom. The lowest BCUT2D eigenvalue weighted by molar-refractivity contribution is -0.170. The zero-order valence-electron chi connectivity index (χ0n) is 16.0. The Balaban J connectivity index is 2.69. The highest BCUT2D eigenvalue weighted by molar-refractivity contribution is 6.02. The fourth-order valence-electron chi connectivity index (χ4n) is 3.73. The maximum Gasteiger partial charge on any atom is 0.316 e. The number of carbonyl (C=O) groups excluding carboxylic acids is 3. The number of ketones is 1. The number of Topliss-reactive ketones (excluding diaryl/α,β-unsaturated/α-hetero) is 1. The van der Waals surface area contributed by atoms with Crippen molar-refractivity contribution in [1.29, 1.82) is 0 Å². The summed E-state index contributed by atoms with van der Waals surface area (Å²) in [5, 5.41) is 10.8. The Morgan fingerprint density at radius 1 is 1.04 bits per heavy atom. The zero-order chi connectivity index (χ0) is 20.4. The fraction of sp³-hybridized carbons (Fsp3) is 0.526. The van der Waals surface area contributed by atoms with E-state index in [1.54, 1.807) is 18.2 Å². The lowest BCUT2D eigenvalue weighted by atomic mass is 9.61. The summed E-state index contributed by atoms with van der Waals surface area (Å²) in [4.78, 5) is 37.5. The zero-order valence-corrected chi connectivity index (χ0v) is 16.0. The van der Waals surface area contributed by atoms with Crippen LogP contribution < -0.4 is 9.47 Å². The molecule has 1 aromatic carbocycles. The van der Waals surface area contributed by atoms with Crippen LogP contribution in [0.2, 0.25) is 0 Å². The standard InChI is InChI=1S/C19H24O8/c1-19(23)9-11(20)15(17(21)26-4)14(16(19)18(22)27-5)10-6-7-12(24-2)13(8-10)25-3/h6-8,14-16,23H,9H2,1-5H3/t14-,15-,16+,19-/m1/s1. The molecule has 0 aliphatic heterocycles. The molecule has 0 radical (unpaired) electrons. The second kappa shape index (κ2) is 7.96. The number of hydrogen-bond donors (Lipinski definition) is 1. The van der Waals surface area contributed by atoms with Crippen LogP contribution in [0.5, 0.6) is 11.5 Å². The summed E-state index contributed by atoms with van der Waals surface area (Å²) in [6.07, 6.45) is -0.365. The topological polar surface area (TPSA) is 108 Å². The van der Waals surface area contributed by atoms with E-state index in [1.807, 2.05) is 0 Å². The van der Waals surface area contributed by atoms with E-state index in [1.165, 1.54) is 35.4 Å². The lowest BCUT2D eigenvalue weighted by Crippen LogP contribution is -2.55. The molecule has 0 saturated heterocycles. The van der Waals surface area contributed by atoms with Gasteiger partial charge in [0.1, 0.15) is 5.92 Å². The molecule has 0 spiro atoms. The average Bonchev–Trinajstić information content (AvgIpc) is 2.64. The smallest absolute Gasteiger partial charge is 0.316 e. The first kappa shape index (κ1) is 20.7. The van der Waals surface area contributed by atoms with E-state index in [9.17, 15) is 19.5 Å². The summed E-state index contributed by atoms with van der Waals surface area (Å²) in [7, 11) is 5.27. The van der Waals surface area contributed by atoms with Gasteiger partial charge in [0.15, 0.2) is 17.3 Å². The predicted molar refractivity (Wildman–Crippen MR) is 93.5 cm³/mol. The van der Waals surface area contributed by atoms with Crippen molar-refractivity contribution in [2.45, 2.75) is 24.9 Å². The van der Waals surface area contributed by atoms with E-state index in [0.717, 1.165) is 0 Å². The molecule has 8 heteroatoms. The van der Waals surface area contributed by atoms with E-state index in [2.05, 4.69) is 0 Å². The van der Waals surface area contributed by atoms with Crippen LogP contribution in [0.1, 0.15) is 24.8 Å². The highest BCUT2D eigenvalue weighted by atomic mass is 16.5. The molecule has 1 saturated carbocycles. The first-order chi connectivity index (χ1) is 12.7. The second-order valence-corrected chi connectivity index (χ2v) is 6.64. The number of aliphatic hydroxyl groups is 1. The van der Waals surface area contributed by atoms with Gasteiger partial charge in [0.2, 0.25) is 0 Å². The molecule has 0 unspecified atom stereocenters. The van der Waals surface area contributed by atoms with Gasteiger partial charge in [0.25, 0.3) is 0 Å². The number of esters is 2. The molecule has 148 valence electrons. The van der Waals surface area contributed by atoms with Gasteiger partial charge in [-0.25, -0.2) is 0 Å². The van der Waals surface area contributed by atoms with Gasteiger partial charge in [0, 0.05) is 12.3 Å². The molecule has 4 atom stereocenters. The fourth-order valence-corrected chi connectivity index (χ4v) is 3.73. The van der Waals surface area contributed by atoms with Gasteiger partial charge in [0.05, 0.1) is 40.0 Å². The van der Waals surface area contributed by atoms with Gasteiger partial charge in [-0.3, -0.25) is 14.4 Å². The normalized spacial score (nSPS) is 27.6. The molecule has 1 aromatic rings. The molecule has 27 heavy (non-hydrogen) atoms. The van der Waals surface area contributed by atoms with Crippen molar-refractivity contribution in [2.24, 2.45) is 11.8 Å². The minimum absolute atomic E-state index is 0.361. The lowest BCUT2D eigenvalue weighted by Gasteiger charge is -2.43. The molecule has 1 aliphatic carbocycles. The third kappa shape index (κ3) is 3.75. The molecule has 1 aliphatic rings. The van der Waals surface area contributed by atoms with Crippen molar-refractivity contribution in [3.05, 3.63) is 23.8 Å². The van der Waals surface area contributed by atoms with Gasteiger partial charge in [-0.2, -0.15) is 0 Å². The number of benzene rings is 1. The molecule has 0 aromatic heterocycles. The molecular formula is C19H24O8. The van der Waals surface area contributed by atoms with E-state index < -0.39 is 41.1 Å². The highest BCUT2D eigenvalue weighted by Gasteiger charge is 2.57. The number of hydrogen-bond acceptors (Lipinski definition) is 8. The SMILES string of the molecule is COC(=O)[C@@H]1C(=O)C[C@@](C)(O)[C@H](C(=O)OC)[C@@H]1c1ccc(OC)c(OC)c1. The third-order valence-electron chi connectivity index (χ3n) is 4.97. The molecule has 0 heterocycles. The van der Waals surface area contributed by atoms with E-state index >= 15 is 0 Å². The van der Waals surface area contributed by atoms with E-state index in [4.69, 9.17) is 18.9 Å². The van der Waals surface area contributed by atoms with Crippen LogP contribution >= 0.6 is 0 Å². The Bertz CT molecular complexity index is 739. The largest absolute Gasteiger partial charge is 0.493 e. The summed E-state index contributed by atoms with van der Waals surface area (Å²) in [5.74, 6) is -4.59. The molecule has 0 bridgehead atoms. The Kier molecular flexibility index (Phi) is 6.10. The number of rotatable bonds is 5. The van der Waals surface area contributed by atoms with Crippen molar-refractivity contribution in [1.82, 2.24) is 0 Å². The number of methoxy groups -OCH3 is 4. The minimum atomic E-state index is -1.69. The molecule has 1 fully saturated rings. The summed E-state index contributed by atoms with van der Waals surface area (Å²) in [6.45, 7) is 1.38. The van der Waals surface area contributed by atoms with Gasteiger partial charge in [-0.15, -0.1) is 0 Å². The molecule has 0 amide bonds. The van der Waals surface area contributed by atoms with Gasteiger partial charge in [-0.05, 0) is 24.6 Å². The van der Waals surface area contributed by atoms with E-state index in [0.29, 0.717) is 17.1 Å². The predicted octanol–water partition coefficient (Wildman–Crippen LogP) is 1.09. The van der Waals surface area contributed by atoms with Crippen molar-refractivity contribution in [2.75, 3.05) is 28.4 Å². The summed E-state index contributed by atoms with van der Waals surface area (Å²) in [5.41, 5.74) is -1.24. The van der Waals surface area contributed by atoms with Crippen LogP contribution in [-0.2, 0) is 23.9 Å². The Labute approximate surface area is 157 Å². The van der Waals surface area contributed by atoms with Gasteiger partial charge in [-0.1, -0.05) is 6.07 Å². The van der Waals surface area contributed by atoms with Crippen LogP contribution in [0.4, 0.5) is 0 Å². The molecule has 8 nitrogen and oxygen atoms in total. The second-order valence-electron chi connectivity index (χ2n) is 6.64. The molecular weight excluding hydrogens is 356 g/mol. The first-order valence-corrected chi connectivity index (χ1v) is 8.34. The summed E-state index contributed by atoms with van der Waals surface area (Å²) < 4.78 is 20.1. The highest BCUT2D eigenvalue weighted by Crippen LogP contribution is 2.47. The number of ether oxygens (including phenoxy) is 4. The molecule has 1 N–H and O–H groups in total. The monoisotopic (exact) mass is 380 g/mol. The average molecular weight is 380 g/mol. The van der Waals surface area contributed by atoms with Crippen molar-refractivity contribution in [3.63, 3.8) is 0 Å². The summed E-state index contributed by atoms with van der Waals surface area (Å²) >= 11 is 0. The quantitative estimate of drug-likeness (QED) is 0.597. The molecule has 2 rings (SSSR count). The third-order valence-corrected chi connectivity index (χ3v) is 4.97. The number of carbonyl (C=O) groups is 3. The maximum atomic E-state index is 12.7. The van der Waals surface area contributed by atoms with Gasteiger partial charge >= 0.3 is 11.9 Å². The van der Waals surface area contributed by atoms with Crippen molar-refractivity contribution >= 4 is 17.7 Å². The minimum Gasteiger partial charge on any atom is -0.493 e.